The van der Waals surface area contributed by atoms with E-state index in [2.05, 4.69) is 4.98 Å². The zero-order chi connectivity index (χ0) is 28.7. The minimum absolute atomic E-state index is 0.112. The Hall–Kier alpha value is -3.20. The molecule has 0 atom stereocenters. The molecule has 0 spiro atoms. The van der Waals surface area contributed by atoms with Crippen molar-refractivity contribution in [3.8, 4) is 11.3 Å². The Balaban J connectivity index is 1.92. The molecule has 0 radical (unpaired) electrons. The fourth-order valence-electron chi connectivity index (χ4n) is 4.04. The second-order valence-corrected chi connectivity index (χ2v) is 7.19. The highest BCUT2D eigenvalue weighted by molar-refractivity contribution is 6.22. The first-order chi connectivity index (χ1) is 18.0. The van der Waals surface area contributed by atoms with Crippen molar-refractivity contribution in [2.45, 2.75) is 33.4 Å². The van der Waals surface area contributed by atoms with Gasteiger partial charge in [-0.15, -0.1) is 0 Å². The molecule has 3 heterocycles. The molecule has 0 aliphatic heterocycles. The van der Waals surface area contributed by atoms with Crippen LogP contribution in [0.4, 0.5) is 0 Å². The normalized spacial score (nSPS) is 18.7. The van der Waals surface area contributed by atoms with Gasteiger partial charge in [-0.1, -0.05) is 38.0 Å². The number of hydrogen-bond acceptors (Lipinski definition) is 2. The molecule has 0 unspecified atom stereocenters. The number of aryl methyl sites for hydroxylation is 3. The summed E-state index contributed by atoms with van der Waals surface area (Å²) in [4.78, 5) is 4.28. The summed E-state index contributed by atoms with van der Waals surface area (Å²) >= 11 is 0. The minimum Gasteiger partial charge on any atom is -0.437 e. The SMILES string of the molecule is [2H]C([2H])([2H])c1ccc2c(n1)oc1c(-c3cc(C([2H])(C([2H])([2H])[2H])C([2H])([2H])[2H])cc[n+]3C)c(C)c3ccccc3c12. The first kappa shape index (κ1) is 10.0. The molecule has 3 heteroatoms. The summed E-state index contributed by atoms with van der Waals surface area (Å²) in [6, 6.07) is 13.5. The van der Waals surface area contributed by atoms with Gasteiger partial charge < -0.3 is 4.42 Å². The third kappa shape index (κ3) is 2.65. The molecule has 0 saturated carbocycles. The lowest BCUT2D eigenvalue weighted by Gasteiger charge is -2.12. The Morgan fingerprint density at radius 2 is 1.90 bits per heavy atom. The second-order valence-electron chi connectivity index (χ2n) is 7.19. The third-order valence-corrected chi connectivity index (χ3v) is 5.45. The Morgan fingerprint density at radius 3 is 2.69 bits per heavy atom. The van der Waals surface area contributed by atoms with E-state index in [1.54, 1.807) is 17.7 Å². The predicted octanol–water partition coefficient (Wildman–Crippen LogP) is 6.37. The van der Waals surface area contributed by atoms with Crippen LogP contribution in [0.3, 0.4) is 0 Å². The van der Waals surface area contributed by atoms with Gasteiger partial charge in [0.25, 0.3) is 0 Å². The predicted molar refractivity (Wildman–Crippen MR) is 119 cm³/mol. The van der Waals surface area contributed by atoms with Gasteiger partial charge in [0.1, 0.15) is 7.05 Å². The van der Waals surface area contributed by atoms with Crippen molar-refractivity contribution in [3.05, 3.63) is 71.5 Å². The Morgan fingerprint density at radius 1 is 1.07 bits per heavy atom. The van der Waals surface area contributed by atoms with Crippen LogP contribution < -0.4 is 4.57 Å². The lowest BCUT2D eigenvalue weighted by atomic mass is 9.92. The average Bonchev–Trinajstić information content (AvgIpc) is 3.21. The van der Waals surface area contributed by atoms with E-state index in [4.69, 9.17) is 18.1 Å². The zero-order valence-corrected chi connectivity index (χ0v) is 16.0. The Bertz CT molecular complexity index is 1750. The van der Waals surface area contributed by atoms with Crippen LogP contribution in [0.15, 0.2) is 59.1 Å². The molecule has 0 fully saturated rings. The van der Waals surface area contributed by atoms with E-state index in [9.17, 15) is 0 Å². The number of fused-ring (bicyclic) bond motifs is 5. The quantitative estimate of drug-likeness (QED) is 0.327. The van der Waals surface area contributed by atoms with E-state index in [0.717, 1.165) is 16.3 Å². The van der Waals surface area contributed by atoms with Gasteiger partial charge in [0, 0.05) is 42.3 Å². The summed E-state index contributed by atoms with van der Waals surface area (Å²) in [5, 5.41) is 3.03. The lowest BCUT2D eigenvalue weighted by Crippen LogP contribution is -2.31. The van der Waals surface area contributed by atoms with Crippen LogP contribution in [0, 0.1) is 13.8 Å². The fourth-order valence-corrected chi connectivity index (χ4v) is 4.04. The molecule has 2 aromatic carbocycles. The van der Waals surface area contributed by atoms with Gasteiger partial charge in [-0.25, -0.2) is 9.55 Å². The number of rotatable bonds is 2. The molecule has 0 aliphatic carbocycles. The summed E-state index contributed by atoms with van der Waals surface area (Å²) in [6.45, 7) is -6.84. The van der Waals surface area contributed by atoms with E-state index in [1.165, 1.54) is 24.4 Å². The molecule has 0 amide bonds. The highest BCUT2D eigenvalue weighted by atomic mass is 16.3. The number of hydrogen-bond donors (Lipinski definition) is 0. The van der Waals surface area contributed by atoms with Crippen molar-refractivity contribution in [3.63, 3.8) is 0 Å². The Kier molecular flexibility index (Phi) is 2.22. The lowest BCUT2D eigenvalue weighted by molar-refractivity contribution is -0.660. The molecular weight excluding hydrogens is 356 g/mol. The first-order valence-corrected chi connectivity index (χ1v) is 9.22. The number of benzene rings is 2. The number of aromatic nitrogens is 2. The highest BCUT2D eigenvalue weighted by Gasteiger charge is 2.24. The van der Waals surface area contributed by atoms with Gasteiger partial charge in [-0.05, 0) is 53.7 Å². The number of furan rings is 1. The van der Waals surface area contributed by atoms with Crippen LogP contribution in [0.2, 0.25) is 0 Å². The summed E-state index contributed by atoms with van der Waals surface area (Å²) in [5.41, 5.74) is 1.99. The highest BCUT2D eigenvalue weighted by Crippen LogP contribution is 2.42. The third-order valence-electron chi connectivity index (χ3n) is 5.45. The molecule has 0 N–H and O–H groups in total. The number of pyridine rings is 2. The van der Waals surface area contributed by atoms with Gasteiger partial charge in [0.05, 0.1) is 5.56 Å². The van der Waals surface area contributed by atoms with Crippen molar-refractivity contribution in [2.24, 2.45) is 7.05 Å². The maximum Gasteiger partial charge on any atom is 0.227 e. The minimum atomic E-state index is -3.14. The maximum absolute atomic E-state index is 8.69. The van der Waals surface area contributed by atoms with Crippen LogP contribution >= 0.6 is 0 Å². The maximum atomic E-state index is 8.69. The van der Waals surface area contributed by atoms with Gasteiger partial charge in [-0.3, -0.25) is 0 Å². The van der Waals surface area contributed by atoms with E-state index in [0.29, 0.717) is 27.6 Å². The van der Waals surface area contributed by atoms with E-state index >= 15 is 0 Å². The summed E-state index contributed by atoms with van der Waals surface area (Å²) in [5.74, 6) is -2.88. The van der Waals surface area contributed by atoms with Crippen LogP contribution in [0.5, 0.6) is 0 Å². The van der Waals surface area contributed by atoms with Crippen LogP contribution in [-0.2, 0) is 7.05 Å². The molecule has 3 nitrogen and oxygen atoms in total. The first-order valence-electron chi connectivity index (χ1n) is 14.2. The van der Waals surface area contributed by atoms with E-state index < -0.39 is 26.4 Å². The summed E-state index contributed by atoms with van der Waals surface area (Å²) < 4.78 is 87.5. The molecule has 0 aliphatic rings. The van der Waals surface area contributed by atoms with Crippen LogP contribution in [-0.4, -0.2) is 4.98 Å². The van der Waals surface area contributed by atoms with Crippen molar-refractivity contribution in [1.29, 1.82) is 0 Å². The fraction of sp³-hybridized carbons (Fsp3) is 0.231. The Labute approximate surface area is 184 Å². The van der Waals surface area contributed by atoms with Crippen LogP contribution in [0.25, 0.3) is 44.1 Å². The van der Waals surface area contributed by atoms with Gasteiger partial charge in [0.15, 0.2) is 11.8 Å². The molecule has 144 valence electrons. The van der Waals surface area contributed by atoms with E-state index in [-0.39, 0.29) is 17.0 Å². The monoisotopic (exact) mass is 391 g/mol. The van der Waals surface area contributed by atoms with Gasteiger partial charge in [-0.2, -0.15) is 0 Å². The van der Waals surface area contributed by atoms with Crippen molar-refractivity contribution in [2.75, 3.05) is 0 Å². The summed E-state index contributed by atoms with van der Waals surface area (Å²) in [7, 11) is 1.73. The van der Waals surface area contributed by atoms with Crippen LogP contribution in [0.1, 0.15) is 50.1 Å². The molecular formula is C26H25N2O+. The molecule has 5 rings (SSSR count). The molecule has 0 bridgehead atoms. The standard InChI is InChI=1S/C26H25N2O/c1-15(2)18-12-13-28(5)22(14-18)23-17(4)19-8-6-7-9-20(19)24-21-11-10-16(3)27-26(21)29-25(23)24/h6-15H,1-5H3/q+1/i1D3,2D3,3D3,15D. The van der Waals surface area contributed by atoms with Crippen molar-refractivity contribution in [1.82, 2.24) is 4.98 Å². The summed E-state index contributed by atoms with van der Waals surface area (Å²) in [6.07, 6.45) is 1.53. The average molecular weight is 392 g/mol. The largest absolute Gasteiger partial charge is 0.437 e. The molecule has 3 aromatic heterocycles. The van der Waals surface area contributed by atoms with Gasteiger partial charge in [0.2, 0.25) is 11.4 Å². The molecule has 5 aromatic rings. The molecule has 0 saturated heterocycles. The molecule has 29 heavy (non-hydrogen) atoms. The zero-order valence-electron chi connectivity index (χ0n) is 26.0. The van der Waals surface area contributed by atoms with Crippen molar-refractivity contribution < 1.29 is 22.7 Å². The topological polar surface area (TPSA) is 29.9 Å². The second kappa shape index (κ2) is 6.41. The van der Waals surface area contributed by atoms with Gasteiger partial charge >= 0.3 is 0 Å². The smallest absolute Gasteiger partial charge is 0.227 e. The van der Waals surface area contributed by atoms with Crippen molar-refractivity contribution >= 4 is 32.8 Å². The van der Waals surface area contributed by atoms with E-state index in [1.807, 2.05) is 31.2 Å². The number of nitrogens with zero attached hydrogens (tertiary/aromatic N) is 2.